The van der Waals surface area contributed by atoms with E-state index in [1.54, 1.807) is 71.0 Å². The Hall–Kier alpha value is -7.62. The lowest BCUT2D eigenvalue weighted by Gasteiger charge is -2.26. The Morgan fingerprint density at radius 1 is 0.864 bits per heavy atom. The minimum Gasteiger partial charge on any atom is -0.467 e. The number of ether oxygens (including phenoxy) is 2. The largest absolute Gasteiger partial charge is 0.467 e. The molecule has 3 atom stereocenters. The van der Waals surface area contributed by atoms with Crippen LogP contribution in [0.4, 0.5) is 27.9 Å². The highest BCUT2D eigenvalue weighted by Gasteiger charge is 2.29. The number of fused-ring (bicyclic) bond motifs is 1. The van der Waals surface area contributed by atoms with Gasteiger partial charge in [-0.3, -0.25) is 19.2 Å². The molecule has 23 heteroatoms. The molecule has 350 valence electrons. The summed E-state index contributed by atoms with van der Waals surface area (Å²) in [7, 11) is 1.21. The molecule has 0 aliphatic carbocycles. The van der Waals surface area contributed by atoms with Crippen molar-refractivity contribution in [3.63, 3.8) is 0 Å². The highest BCUT2D eigenvalue weighted by Crippen LogP contribution is 2.31. The van der Waals surface area contributed by atoms with Crippen molar-refractivity contribution in [3.05, 3.63) is 76.3 Å². The lowest BCUT2D eigenvalue weighted by atomic mass is 10.0. The molecule has 66 heavy (non-hydrogen) atoms. The van der Waals surface area contributed by atoms with Gasteiger partial charge in [0, 0.05) is 35.6 Å². The topological polar surface area (TPSA) is 325 Å². The van der Waals surface area contributed by atoms with Crippen molar-refractivity contribution in [3.8, 4) is 11.4 Å². The minimum atomic E-state index is -1.04. The molecular weight excluding hydrogens is 876 g/mol. The minimum absolute atomic E-state index is 0.0451. The standard InChI is InChI=1S/C43H53ClN14O8/c1-21(2)33(53-42(64)66-43(4,5)6)39(62)49-22(3)36(59)50-26-15-16-27(28(19-26)35-55-57-58-56-35)38(61)47-18-8-9-30(40(63)65-7)51-37(60)23-10-13-25(14-11-23)48-20-24-12-17-29-31(32(24)44)34(45)54-41(46)52-29/h10-17,19,21-22,30,33,48H,8-9,18,20H2,1-7H3,(H,47,61)(H,49,62)(H,50,59)(H,51,60)(H,53,64)(H4,45,46,52,54)(H,55,56,57,58)/t22-,30-,33-/m0/s1. The Morgan fingerprint density at radius 2 is 1.58 bits per heavy atom. The van der Waals surface area contributed by atoms with Gasteiger partial charge in [-0.2, -0.15) is 4.98 Å². The summed E-state index contributed by atoms with van der Waals surface area (Å²) >= 11 is 6.61. The van der Waals surface area contributed by atoms with Crippen molar-refractivity contribution in [2.24, 2.45) is 5.92 Å². The number of benzene rings is 3. The lowest BCUT2D eigenvalue weighted by molar-refractivity contribution is -0.143. The van der Waals surface area contributed by atoms with Gasteiger partial charge in [0.2, 0.25) is 17.8 Å². The van der Waals surface area contributed by atoms with Crippen LogP contribution in [0, 0.1) is 5.92 Å². The van der Waals surface area contributed by atoms with Crippen LogP contribution in [-0.2, 0) is 30.4 Å². The smallest absolute Gasteiger partial charge is 0.408 e. The maximum absolute atomic E-state index is 13.5. The van der Waals surface area contributed by atoms with Crippen LogP contribution in [0.15, 0.2) is 54.6 Å². The number of carbonyl (C=O) groups excluding carboxylic acids is 6. The molecule has 0 saturated carbocycles. The number of methoxy groups -OCH3 is 1. The predicted octanol–water partition coefficient (Wildman–Crippen LogP) is 3.71. The fourth-order valence-electron chi connectivity index (χ4n) is 6.46. The van der Waals surface area contributed by atoms with Crippen LogP contribution in [0.2, 0.25) is 5.02 Å². The number of anilines is 4. The molecule has 2 aromatic heterocycles. The molecule has 3 aromatic carbocycles. The monoisotopic (exact) mass is 928 g/mol. The Morgan fingerprint density at radius 3 is 2.23 bits per heavy atom. The first-order valence-corrected chi connectivity index (χ1v) is 21.1. The number of aromatic nitrogens is 6. The first kappa shape index (κ1) is 49.4. The van der Waals surface area contributed by atoms with Crippen molar-refractivity contribution in [1.82, 2.24) is 51.9 Å². The maximum Gasteiger partial charge on any atom is 0.408 e. The van der Waals surface area contributed by atoms with Crippen LogP contribution in [0.1, 0.15) is 80.7 Å². The van der Waals surface area contributed by atoms with Gasteiger partial charge in [-0.25, -0.2) is 19.7 Å². The SMILES string of the molecule is COC(=O)[C@H](CCCNC(=O)c1ccc(NC(=O)[C@H](C)NC(=O)[C@@H](NC(=O)OC(C)(C)C)C(C)C)cc1-c1nnn[nH]1)NC(=O)c1ccc(NCc2ccc3nc(N)nc(N)c3c2Cl)cc1. The second kappa shape index (κ2) is 21.8. The van der Waals surface area contributed by atoms with Crippen LogP contribution in [0.25, 0.3) is 22.3 Å². The van der Waals surface area contributed by atoms with Crippen LogP contribution in [-0.4, -0.2) is 104 Å². The fraction of sp³-hybridized carbons (Fsp3) is 0.372. The summed E-state index contributed by atoms with van der Waals surface area (Å²) in [4.78, 5) is 86.3. The molecule has 11 N–H and O–H groups in total. The van der Waals surface area contributed by atoms with E-state index in [-0.39, 0.29) is 65.3 Å². The molecule has 0 unspecified atom stereocenters. The van der Waals surface area contributed by atoms with E-state index in [0.717, 1.165) is 5.56 Å². The summed E-state index contributed by atoms with van der Waals surface area (Å²) in [5, 5.41) is 31.3. The molecule has 0 aliphatic rings. The molecule has 5 rings (SSSR count). The summed E-state index contributed by atoms with van der Waals surface area (Å²) in [5.74, 6) is -2.86. The quantitative estimate of drug-likeness (QED) is 0.0447. The van der Waals surface area contributed by atoms with Crippen molar-refractivity contribution in [2.45, 2.75) is 84.7 Å². The lowest BCUT2D eigenvalue weighted by Crippen LogP contribution is -2.54. The number of amides is 5. The van der Waals surface area contributed by atoms with Gasteiger partial charge in [-0.05, 0) is 111 Å². The number of hydrogen-bond acceptors (Lipinski definition) is 16. The Labute approximate surface area is 384 Å². The zero-order valence-corrected chi connectivity index (χ0v) is 38.1. The van der Waals surface area contributed by atoms with Crippen molar-refractivity contribution >= 4 is 81.3 Å². The molecular formula is C43H53ClN14O8. The molecule has 5 aromatic rings. The highest BCUT2D eigenvalue weighted by atomic mass is 35.5. The van der Waals surface area contributed by atoms with Gasteiger partial charge in [0.1, 0.15) is 29.5 Å². The summed E-state index contributed by atoms with van der Waals surface area (Å²) in [6.07, 6.45) is -0.383. The van der Waals surface area contributed by atoms with Gasteiger partial charge in [0.25, 0.3) is 11.8 Å². The summed E-state index contributed by atoms with van der Waals surface area (Å²) < 4.78 is 10.2. The van der Waals surface area contributed by atoms with Gasteiger partial charge in [-0.15, -0.1) is 5.10 Å². The molecule has 0 spiro atoms. The maximum atomic E-state index is 13.5. The van der Waals surface area contributed by atoms with Gasteiger partial charge >= 0.3 is 12.1 Å². The third-order valence-corrected chi connectivity index (χ3v) is 10.2. The number of rotatable bonds is 18. The number of halogens is 1. The van der Waals surface area contributed by atoms with Crippen LogP contribution in [0.5, 0.6) is 0 Å². The van der Waals surface area contributed by atoms with Crippen LogP contribution in [0.3, 0.4) is 0 Å². The molecule has 5 amide bonds. The molecule has 0 radical (unpaired) electrons. The normalized spacial score (nSPS) is 12.6. The number of alkyl carbamates (subject to hydrolysis) is 1. The molecule has 0 aliphatic heterocycles. The third kappa shape index (κ3) is 13.2. The number of nitrogens with two attached hydrogens (primary N) is 2. The summed E-state index contributed by atoms with van der Waals surface area (Å²) in [6, 6.07) is 11.5. The number of hydrogen-bond donors (Lipinski definition) is 9. The average Bonchev–Trinajstić information content (AvgIpc) is 3.80. The number of carbonyl (C=O) groups is 6. The van der Waals surface area contributed by atoms with Crippen molar-refractivity contribution in [2.75, 3.05) is 35.8 Å². The molecule has 0 fully saturated rings. The molecule has 0 saturated heterocycles. The number of esters is 1. The van der Waals surface area contributed by atoms with E-state index in [0.29, 0.717) is 28.2 Å². The molecule has 2 heterocycles. The van der Waals surface area contributed by atoms with E-state index < -0.39 is 59.4 Å². The zero-order chi connectivity index (χ0) is 48.3. The van der Waals surface area contributed by atoms with Gasteiger partial charge in [-0.1, -0.05) is 31.5 Å². The Balaban J connectivity index is 1.14. The molecule has 0 bridgehead atoms. The first-order chi connectivity index (χ1) is 31.2. The van der Waals surface area contributed by atoms with Crippen LogP contribution < -0.4 is 43.4 Å². The Bertz CT molecular complexity index is 2570. The van der Waals surface area contributed by atoms with E-state index in [9.17, 15) is 28.8 Å². The van der Waals surface area contributed by atoms with E-state index in [1.165, 1.54) is 32.2 Å². The highest BCUT2D eigenvalue weighted by molar-refractivity contribution is 6.37. The average molecular weight is 929 g/mol. The summed E-state index contributed by atoms with van der Waals surface area (Å²) in [5.41, 5.74) is 13.9. The zero-order valence-electron chi connectivity index (χ0n) is 37.4. The number of nitrogens with one attached hydrogen (secondary N) is 7. The van der Waals surface area contributed by atoms with Crippen molar-refractivity contribution in [1.29, 1.82) is 0 Å². The van der Waals surface area contributed by atoms with E-state index >= 15 is 0 Å². The van der Waals surface area contributed by atoms with E-state index in [4.69, 9.17) is 32.5 Å². The van der Waals surface area contributed by atoms with Gasteiger partial charge < -0.3 is 52.8 Å². The number of nitrogen functional groups attached to an aromatic ring is 2. The van der Waals surface area contributed by atoms with Gasteiger partial charge in [0.15, 0.2) is 5.82 Å². The number of H-pyrrole nitrogens is 1. The first-order valence-electron chi connectivity index (χ1n) is 20.7. The number of nitrogens with zero attached hydrogens (tertiary/aromatic N) is 5. The summed E-state index contributed by atoms with van der Waals surface area (Å²) in [6.45, 7) is 10.5. The van der Waals surface area contributed by atoms with Crippen LogP contribution >= 0.6 is 11.6 Å². The number of tetrazole rings is 1. The third-order valence-electron chi connectivity index (χ3n) is 9.81. The van der Waals surface area contributed by atoms with Crippen molar-refractivity contribution < 1.29 is 38.2 Å². The fourth-order valence-corrected chi connectivity index (χ4v) is 6.78. The predicted molar refractivity (Wildman–Crippen MR) is 246 cm³/mol. The second-order valence-electron chi connectivity index (χ2n) is 16.4. The number of aromatic amines is 1. The second-order valence-corrected chi connectivity index (χ2v) is 16.8. The Kier molecular flexibility index (Phi) is 16.3. The molecule has 22 nitrogen and oxygen atoms in total. The van der Waals surface area contributed by atoms with E-state index in [1.807, 2.05) is 0 Å². The van der Waals surface area contributed by atoms with E-state index in [2.05, 4.69) is 62.5 Å². The van der Waals surface area contributed by atoms with Gasteiger partial charge in [0.05, 0.1) is 28.6 Å².